The van der Waals surface area contributed by atoms with Crippen molar-refractivity contribution in [3.05, 3.63) is 168 Å². The van der Waals surface area contributed by atoms with Gasteiger partial charge in [0, 0.05) is 12.1 Å². The SMILES string of the molecule is [2H]C1(c2ccc(-c3ccc4c(c3)oc3c(-c5nc6ccccc6n5-c5c(C(C)C)cc(-c6ccc(-c7ccccc7)cc6)cc5C(C)C)cccc34)cc2)CCC(C)(C)CC1. The predicted molar refractivity (Wildman–Crippen MR) is 253 cm³/mol. The summed E-state index contributed by atoms with van der Waals surface area (Å²) < 4.78 is 18.6. The van der Waals surface area contributed by atoms with Crippen molar-refractivity contribution < 1.29 is 5.79 Å². The van der Waals surface area contributed by atoms with Crippen LogP contribution in [0, 0.1) is 5.41 Å². The van der Waals surface area contributed by atoms with Crippen LogP contribution in [0.2, 0.25) is 0 Å². The van der Waals surface area contributed by atoms with E-state index in [-0.39, 0.29) is 11.8 Å². The first-order valence-electron chi connectivity index (χ1n) is 22.3. The smallest absolute Gasteiger partial charge is 0.149 e. The van der Waals surface area contributed by atoms with E-state index in [1.54, 1.807) is 0 Å². The Hall–Kier alpha value is -6.19. The summed E-state index contributed by atoms with van der Waals surface area (Å²) >= 11 is 0. The van der Waals surface area contributed by atoms with Crippen LogP contribution in [0.4, 0.5) is 0 Å². The zero-order valence-electron chi connectivity index (χ0n) is 36.7. The first kappa shape index (κ1) is 36.9. The summed E-state index contributed by atoms with van der Waals surface area (Å²) in [6.45, 7) is 13.9. The van der Waals surface area contributed by atoms with E-state index in [0.29, 0.717) is 5.41 Å². The van der Waals surface area contributed by atoms with Crippen LogP contribution in [0.5, 0.6) is 0 Å². The third-order valence-corrected chi connectivity index (χ3v) is 13.1. The molecule has 1 aliphatic rings. The summed E-state index contributed by atoms with van der Waals surface area (Å²) in [4.78, 5) is 5.41. The molecule has 2 heterocycles. The molecule has 0 radical (unpaired) electrons. The molecule has 298 valence electrons. The number of rotatable bonds is 8. The Morgan fingerprint density at radius 3 is 1.87 bits per heavy atom. The first-order chi connectivity index (χ1) is 29.5. The molecule has 60 heavy (non-hydrogen) atoms. The molecule has 0 bridgehead atoms. The lowest BCUT2D eigenvalue weighted by atomic mass is 9.71. The van der Waals surface area contributed by atoms with Gasteiger partial charge in [-0.25, -0.2) is 4.98 Å². The standard InChI is InChI=1S/C57H54N2O/c1-36(2)49-33-45(42-25-21-39(22-26-42)38-13-8-7-9-14-38)34-50(37(3)4)54(49)59-52-18-11-10-17-51(52)58-56(59)48-16-12-15-47-46-28-27-44(35-53(46)60-55(47)48)41-23-19-40(20-24-41)43-29-31-57(5,6)32-30-43/h7-28,33-37,43H,29-32H2,1-6H3/i43D. The lowest BCUT2D eigenvalue weighted by Gasteiger charge is -2.34. The average Bonchev–Trinajstić information content (AvgIpc) is 3.86. The van der Waals surface area contributed by atoms with Crippen LogP contribution in [0.1, 0.15) is 103 Å². The van der Waals surface area contributed by atoms with Gasteiger partial charge in [0.15, 0.2) is 0 Å². The Labute approximate surface area is 356 Å². The third kappa shape index (κ3) is 6.84. The van der Waals surface area contributed by atoms with Gasteiger partial charge in [0.2, 0.25) is 0 Å². The van der Waals surface area contributed by atoms with Crippen molar-refractivity contribution in [2.24, 2.45) is 5.41 Å². The van der Waals surface area contributed by atoms with E-state index >= 15 is 0 Å². The van der Waals surface area contributed by atoms with Gasteiger partial charge in [0.1, 0.15) is 17.0 Å². The van der Waals surface area contributed by atoms with Gasteiger partial charge in [-0.05, 0) is 141 Å². The van der Waals surface area contributed by atoms with Gasteiger partial charge in [0.25, 0.3) is 0 Å². The number of furan rings is 1. The van der Waals surface area contributed by atoms with Gasteiger partial charge < -0.3 is 4.42 Å². The zero-order valence-corrected chi connectivity index (χ0v) is 35.7. The van der Waals surface area contributed by atoms with Crippen LogP contribution in [0.15, 0.2) is 156 Å². The van der Waals surface area contributed by atoms with Crippen molar-refractivity contribution >= 4 is 33.0 Å². The maximum Gasteiger partial charge on any atom is 0.149 e. The monoisotopic (exact) mass is 783 g/mol. The second-order valence-electron chi connectivity index (χ2n) is 18.4. The molecule has 0 saturated heterocycles. The van der Waals surface area contributed by atoms with Gasteiger partial charge in [-0.3, -0.25) is 4.57 Å². The van der Waals surface area contributed by atoms with Crippen molar-refractivity contribution in [3.8, 4) is 50.5 Å². The number of hydrogen-bond donors (Lipinski definition) is 0. The summed E-state index contributed by atoms with van der Waals surface area (Å²) in [5, 5.41) is 2.16. The van der Waals surface area contributed by atoms with Crippen LogP contribution in [0.25, 0.3) is 83.4 Å². The molecule has 7 aromatic carbocycles. The number of hydrogen-bond acceptors (Lipinski definition) is 2. The van der Waals surface area contributed by atoms with Gasteiger partial charge in [-0.2, -0.15) is 0 Å². The van der Waals surface area contributed by atoms with Gasteiger partial charge >= 0.3 is 0 Å². The molecule has 0 N–H and O–H groups in total. The number of imidazole rings is 1. The Bertz CT molecular complexity index is 3020. The molecule has 10 rings (SSSR count). The van der Waals surface area contributed by atoms with Gasteiger partial charge in [-0.15, -0.1) is 0 Å². The largest absolute Gasteiger partial charge is 0.455 e. The predicted octanol–water partition coefficient (Wildman–Crippen LogP) is 16.5. The van der Waals surface area contributed by atoms with E-state index in [9.17, 15) is 1.37 Å². The van der Waals surface area contributed by atoms with E-state index < -0.39 is 5.89 Å². The summed E-state index contributed by atoms with van der Waals surface area (Å²) in [5.41, 5.74) is 17.0. The highest BCUT2D eigenvalue weighted by Crippen LogP contribution is 2.45. The molecule has 2 aromatic heterocycles. The van der Waals surface area contributed by atoms with E-state index in [4.69, 9.17) is 9.40 Å². The van der Waals surface area contributed by atoms with E-state index in [2.05, 4.69) is 198 Å². The second-order valence-corrected chi connectivity index (χ2v) is 18.4. The number of nitrogens with zero attached hydrogens (tertiary/aromatic N) is 2. The molecule has 0 aliphatic heterocycles. The summed E-state index contributed by atoms with van der Waals surface area (Å²) in [6.07, 6.45) is 4.00. The number of para-hydroxylation sites is 3. The normalized spacial score (nSPS) is 15.4. The van der Waals surface area contributed by atoms with E-state index in [1.807, 2.05) is 0 Å². The van der Waals surface area contributed by atoms with Crippen molar-refractivity contribution in [2.45, 2.75) is 85.0 Å². The molecule has 3 heteroatoms. The maximum atomic E-state index is 9.30. The Morgan fingerprint density at radius 1 is 0.600 bits per heavy atom. The van der Waals surface area contributed by atoms with E-state index in [0.717, 1.165) is 86.7 Å². The molecule has 1 aliphatic carbocycles. The van der Waals surface area contributed by atoms with Crippen molar-refractivity contribution in [1.82, 2.24) is 9.55 Å². The maximum absolute atomic E-state index is 9.30. The minimum Gasteiger partial charge on any atom is -0.455 e. The fraction of sp³-hybridized carbons (Fsp3) is 0.246. The van der Waals surface area contributed by atoms with Crippen molar-refractivity contribution in [3.63, 3.8) is 0 Å². The van der Waals surface area contributed by atoms with Crippen LogP contribution in [-0.4, -0.2) is 9.55 Å². The summed E-state index contributed by atoms with van der Waals surface area (Å²) in [6, 6.07) is 54.7. The van der Waals surface area contributed by atoms with Crippen LogP contribution in [0.3, 0.4) is 0 Å². The lowest BCUT2D eigenvalue weighted by molar-refractivity contribution is 0.224. The van der Waals surface area contributed by atoms with E-state index in [1.165, 1.54) is 39.1 Å². The average molecular weight is 784 g/mol. The van der Waals surface area contributed by atoms with Crippen molar-refractivity contribution in [2.75, 3.05) is 0 Å². The molecule has 1 fully saturated rings. The molecule has 0 spiro atoms. The zero-order chi connectivity index (χ0) is 42.0. The molecule has 1 saturated carbocycles. The Balaban J connectivity index is 1.08. The highest BCUT2D eigenvalue weighted by atomic mass is 16.3. The molecule has 9 aromatic rings. The molecule has 0 atom stereocenters. The van der Waals surface area contributed by atoms with Crippen LogP contribution < -0.4 is 0 Å². The van der Waals surface area contributed by atoms with Crippen LogP contribution in [-0.2, 0) is 0 Å². The first-order valence-corrected chi connectivity index (χ1v) is 21.8. The lowest BCUT2D eigenvalue weighted by Crippen LogP contribution is -2.20. The topological polar surface area (TPSA) is 31.0 Å². The van der Waals surface area contributed by atoms with Crippen LogP contribution >= 0.6 is 0 Å². The minimum atomic E-state index is -0.507. The minimum absolute atomic E-state index is 0.251. The number of aromatic nitrogens is 2. The quantitative estimate of drug-likeness (QED) is 0.154. The van der Waals surface area contributed by atoms with Gasteiger partial charge in [-0.1, -0.05) is 151 Å². The molecule has 0 unspecified atom stereocenters. The van der Waals surface area contributed by atoms with Gasteiger partial charge in [0.05, 0.1) is 22.3 Å². The highest BCUT2D eigenvalue weighted by Gasteiger charge is 2.28. The third-order valence-electron chi connectivity index (χ3n) is 13.1. The second kappa shape index (κ2) is 15.1. The number of fused-ring (bicyclic) bond motifs is 4. The molecule has 3 nitrogen and oxygen atoms in total. The molecular weight excluding hydrogens is 729 g/mol. The summed E-state index contributed by atoms with van der Waals surface area (Å²) in [5.74, 6) is 0.870. The molecule has 0 amide bonds. The fourth-order valence-electron chi connectivity index (χ4n) is 9.47. The molecular formula is C57H54N2O. The Morgan fingerprint density at radius 2 is 1.18 bits per heavy atom. The number of benzene rings is 7. The summed E-state index contributed by atoms with van der Waals surface area (Å²) in [7, 11) is 0. The highest BCUT2D eigenvalue weighted by molar-refractivity contribution is 6.10. The fourth-order valence-corrected chi connectivity index (χ4v) is 9.47. The Kier molecular flexibility index (Phi) is 9.29. The van der Waals surface area contributed by atoms with Crippen molar-refractivity contribution in [1.29, 1.82) is 0 Å².